The molecule has 39 heteroatoms. The Labute approximate surface area is 472 Å². The third-order valence-electron chi connectivity index (χ3n) is 10.9. The molecule has 0 radical (unpaired) electrons. The fourth-order valence-electron chi connectivity index (χ4n) is 7.38. The molecule has 0 spiro atoms. The maximum Gasteiger partial charge on any atom is 0.322 e. The minimum atomic E-state index is -1.15. The highest BCUT2D eigenvalue weighted by molar-refractivity contribution is 5.86. The average Bonchev–Trinajstić information content (AvgIpc) is 4.32. The van der Waals surface area contributed by atoms with Crippen molar-refractivity contribution in [3.05, 3.63) is 30.3 Å². The van der Waals surface area contributed by atoms with Crippen molar-refractivity contribution in [3.63, 3.8) is 0 Å². The van der Waals surface area contributed by atoms with Crippen LogP contribution in [0, 0.1) is 43.2 Å². The van der Waals surface area contributed by atoms with Gasteiger partial charge in [-0.1, -0.05) is 6.92 Å². The maximum atomic E-state index is 11.8. The molecule has 0 saturated carbocycles. The number of nitrogens with one attached hydrogen (secondary N) is 4. The molecule has 83 heavy (non-hydrogen) atoms. The monoisotopic (exact) mass is 1200 g/mol. The predicted octanol–water partition coefficient (Wildman–Crippen LogP) is -6.19. The number of carboxylic acid groups (broad SMARTS) is 2. The molecule has 0 aromatic carbocycles. The van der Waals surface area contributed by atoms with E-state index in [0.29, 0.717) is 13.0 Å². The lowest BCUT2D eigenvalue weighted by atomic mass is 10.1. The lowest BCUT2D eigenvalue weighted by Gasteiger charge is -2.17. The van der Waals surface area contributed by atoms with Crippen LogP contribution in [-0.2, 0) is 100 Å². The number of esters is 2. The summed E-state index contributed by atoms with van der Waals surface area (Å²) in [6.45, 7) is 2.62. The van der Waals surface area contributed by atoms with Gasteiger partial charge in [0.1, 0.15) is 63.5 Å². The van der Waals surface area contributed by atoms with Gasteiger partial charge in [0.15, 0.2) is 37.3 Å². The molecule has 4 amide bonds. The molecule has 11 N–H and O–H groups in total. The highest BCUT2D eigenvalue weighted by atomic mass is 17.0. The van der Waals surface area contributed by atoms with Gasteiger partial charge in [0.25, 0.3) is 27.1 Å². The van der Waals surface area contributed by atoms with Crippen LogP contribution >= 0.6 is 0 Å². The summed E-state index contributed by atoms with van der Waals surface area (Å²) in [5, 5.41) is 62.4. The molecular weight excluding hydrogens is 1130 g/mol. The second-order valence-electron chi connectivity index (χ2n) is 16.9. The van der Waals surface area contributed by atoms with Crippen LogP contribution in [0.5, 0.6) is 0 Å². The van der Waals surface area contributed by atoms with Crippen molar-refractivity contribution >= 4 is 59.1 Å². The normalized spacial score (nSPS) is 25.0. The number of nitrogens with zero attached hydrogens (tertiary/aromatic N) is 3. The number of aliphatic hydroxyl groups is 1. The number of carbonyl (C=O) groups excluding carboxylic acids is 8. The SMILES string of the molecule is CC(=O)OCC(=O)NCC(=O)O.CC(=O)OCC(=O)NCC(=O)O.CCC(=O)CCC(=O)N[C@H]1CO[C@H]2[C@@H]1OC[C@H]2O[N+](=O)[O-].CN.N[C@H]1CO[C@H]2[C@@H]1OC[C@H]2O[N+](=O)[O-].O=C(CO)CCC(=O)N[C@H]1CO[C@H]2[C@@H]1OC[C@H]2O[N+](=O)[O-].[2H]C#C. The Morgan fingerprint density at radius 2 is 0.892 bits per heavy atom. The zero-order valence-electron chi connectivity index (χ0n) is 46.2. The first-order chi connectivity index (χ1) is 39.6. The number of fused-ring (bicyclic) bond motifs is 3. The first-order valence-corrected chi connectivity index (χ1v) is 24.5. The van der Waals surface area contributed by atoms with E-state index in [1.807, 2.05) is 10.6 Å². The van der Waals surface area contributed by atoms with Crippen molar-refractivity contribution in [2.24, 2.45) is 11.5 Å². The van der Waals surface area contributed by atoms with Gasteiger partial charge in [0.05, 0.1) is 57.8 Å². The summed E-state index contributed by atoms with van der Waals surface area (Å²) in [6.07, 6.45) is 1.45. The van der Waals surface area contributed by atoms with E-state index < -0.39 is 138 Å². The van der Waals surface area contributed by atoms with E-state index in [0.717, 1.165) is 13.8 Å². The van der Waals surface area contributed by atoms with E-state index in [4.69, 9.17) is 50.8 Å². The number of carboxylic acids is 2. The van der Waals surface area contributed by atoms with Crippen molar-refractivity contribution in [1.82, 2.24) is 21.3 Å². The fraction of sp³-hybridized carbons (Fsp3) is 0.727. The molecule has 39 nitrogen and oxygen atoms in total. The third kappa shape index (κ3) is 30.5. The van der Waals surface area contributed by atoms with Crippen molar-refractivity contribution in [3.8, 4) is 12.8 Å². The number of aliphatic carboxylic acids is 2. The highest BCUT2D eigenvalue weighted by Crippen LogP contribution is 2.31. The molecule has 0 aromatic heterocycles. The molecular formula is C44H69N9O30. The number of hydrogen-bond donors (Lipinski definition) is 9. The minimum Gasteiger partial charge on any atom is -0.480 e. The number of nitrogens with two attached hydrogens (primary N) is 2. The highest BCUT2D eigenvalue weighted by Gasteiger charge is 2.51. The van der Waals surface area contributed by atoms with Crippen LogP contribution in [0.3, 0.4) is 0 Å². The second kappa shape index (κ2) is 41.0. The Morgan fingerprint density at radius 1 is 0.566 bits per heavy atom. The summed E-state index contributed by atoms with van der Waals surface area (Å²) >= 11 is 0. The standard InChI is InChI=1S/C12H18N2O7.C11H16N2O8.C6H10N2O5.2C6H9NO5.C2H2.CH5N/c1-2-7(15)3-4-10(16)13-8-5-19-12-9(21-14(17)18)6-20-11(8)12;14-3-6(15)1-2-9(16)12-7-4-19-11-8(21-13(17)18)5-20-10(7)11;7-3-1-11-6-4(13-8(9)10)2-12-5(3)6;2*1-4(8)12-3-5(9)7-2-6(10)11;2*1-2/h8-9,11-12H,2-6H2,1H3,(H,13,16);7-8,10-11,14H,1-5H2,(H,12,16);3-6H,1-2,7H2;2*2-3H2,1H3,(H,7,9)(H,10,11);1-2H;2H2,1H3/t8-,9+,11+,12+;7-,8+,10+,11+;3-,4+,5+,6+;;;;/m000..../s1/i;;;;;1D;. The first kappa shape index (κ1) is 72.9. The summed E-state index contributed by atoms with van der Waals surface area (Å²) in [7, 11) is 1.50. The third-order valence-corrected chi connectivity index (χ3v) is 10.9. The Morgan fingerprint density at radius 3 is 1.22 bits per heavy atom. The van der Waals surface area contributed by atoms with Gasteiger partial charge in [0, 0.05) is 46.0 Å². The largest absolute Gasteiger partial charge is 0.480 e. The molecule has 6 aliphatic heterocycles. The van der Waals surface area contributed by atoms with Gasteiger partial charge in [-0.25, -0.2) is 0 Å². The van der Waals surface area contributed by atoms with E-state index in [-0.39, 0.29) is 101 Å². The molecule has 0 unspecified atom stereocenters. The smallest absolute Gasteiger partial charge is 0.322 e. The van der Waals surface area contributed by atoms with Gasteiger partial charge in [-0.2, -0.15) is 0 Å². The zero-order chi connectivity index (χ0) is 64.1. The quantitative estimate of drug-likeness (QED) is 0.0188. The van der Waals surface area contributed by atoms with Crippen molar-refractivity contribution in [2.75, 3.05) is 79.6 Å². The molecule has 6 saturated heterocycles. The molecule has 0 aliphatic carbocycles. The average molecular weight is 1210 g/mol. The van der Waals surface area contributed by atoms with Crippen LogP contribution < -0.4 is 32.7 Å². The number of aliphatic hydroxyl groups excluding tert-OH is 1. The number of hydrogen-bond acceptors (Lipinski definition) is 30. The lowest BCUT2D eigenvalue weighted by molar-refractivity contribution is -0.769. The molecule has 6 rings (SSSR count). The van der Waals surface area contributed by atoms with E-state index in [2.05, 4.69) is 46.8 Å². The number of terminal acetylenes is 1. The van der Waals surface area contributed by atoms with Crippen LogP contribution in [0.4, 0.5) is 0 Å². The molecule has 6 aliphatic rings. The predicted molar refractivity (Wildman–Crippen MR) is 266 cm³/mol. The molecule has 470 valence electrons. The zero-order valence-corrected chi connectivity index (χ0v) is 45.2. The van der Waals surface area contributed by atoms with Crippen LogP contribution in [0.25, 0.3) is 0 Å². The molecule has 6 fully saturated rings. The van der Waals surface area contributed by atoms with Gasteiger partial charge in [0.2, 0.25) is 11.8 Å². The summed E-state index contributed by atoms with van der Waals surface area (Å²) in [4.78, 5) is 151. The summed E-state index contributed by atoms with van der Waals surface area (Å²) in [5.74, 6) is -5.73. The van der Waals surface area contributed by atoms with E-state index in [1.54, 1.807) is 6.92 Å². The number of amides is 4. The molecule has 0 aromatic rings. The van der Waals surface area contributed by atoms with Crippen LogP contribution in [0.1, 0.15) is 54.2 Å². The van der Waals surface area contributed by atoms with Crippen LogP contribution in [-0.4, -0.2) is 242 Å². The van der Waals surface area contributed by atoms with Gasteiger partial charge >= 0.3 is 23.9 Å². The Bertz CT molecular complexity index is 2080. The summed E-state index contributed by atoms with van der Waals surface area (Å²) < 4.78 is 46.3. The Hall–Kier alpha value is -8.10. The van der Waals surface area contributed by atoms with E-state index in [9.17, 15) is 78.3 Å². The van der Waals surface area contributed by atoms with E-state index in [1.165, 1.54) is 13.4 Å². The Kier molecular flexibility index (Phi) is 36.0. The molecule has 12 atom stereocenters. The van der Waals surface area contributed by atoms with Gasteiger partial charge in [-0.05, 0) is 7.05 Å². The van der Waals surface area contributed by atoms with Crippen molar-refractivity contribution in [1.29, 1.82) is 0 Å². The first-order valence-electron chi connectivity index (χ1n) is 25.0. The topological polar surface area (TPSA) is 562 Å². The lowest BCUT2D eigenvalue weighted by Crippen LogP contribution is -2.44. The van der Waals surface area contributed by atoms with Crippen molar-refractivity contribution in [2.45, 2.75) is 126 Å². The number of ether oxygens (including phenoxy) is 8. The van der Waals surface area contributed by atoms with Crippen LogP contribution in [0.15, 0.2) is 0 Å². The summed E-state index contributed by atoms with van der Waals surface area (Å²) in [6, 6.07) is -1.02. The Balaban J connectivity index is 0.00000103. The maximum absolute atomic E-state index is 11.8. The van der Waals surface area contributed by atoms with E-state index >= 15 is 0 Å². The van der Waals surface area contributed by atoms with Crippen molar-refractivity contribution < 1.29 is 132 Å². The van der Waals surface area contributed by atoms with Gasteiger partial charge in [-0.3, -0.25) is 47.9 Å². The van der Waals surface area contributed by atoms with Crippen LogP contribution in [0.2, 0.25) is 0 Å². The fourth-order valence-corrected chi connectivity index (χ4v) is 7.38. The minimum absolute atomic E-state index is 0.0195. The number of carbonyl (C=O) groups is 10. The summed E-state index contributed by atoms with van der Waals surface area (Å²) in [5.41, 5.74) is 10.1. The molecule has 6 heterocycles. The number of ketones is 2. The van der Waals surface area contributed by atoms with Gasteiger partial charge < -0.3 is 100 Å². The molecule has 0 bridgehead atoms. The second-order valence-corrected chi connectivity index (χ2v) is 16.9. The number of Topliss-reactive ketones (excluding diaryl/α,β-unsaturated/α-hetero) is 2. The van der Waals surface area contributed by atoms with Gasteiger partial charge in [-0.15, -0.1) is 43.2 Å². The number of rotatable bonds is 24.